The molecule has 0 aliphatic heterocycles. The minimum absolute atomic E-state index is 0.132. The van der Waals surface area contributed by atoms with Crippen LogP contribution in [0.3, 0.4) is 0 Å². The van der Waals surface area contributed by atoms with Gasteiger partial charge in [-0.25, -0.2) is 0 Å². The van der Waals surface area contributed by atoms with Crippen molar-refractivity contribution in [3.63, 3.8) is 0 Å². The van der Waals surface area contributed by atoms with Crippen molar-refractivity contribution in [1.82, 2.24) is 0 Å². The lowest BCUT2D eigenvalue weighted by Crippen LogP contribution is -2.33. The molecule has 0 aliphatic rings. The Hall–Kier alpha value is -0.720. The first-order valence-electron chi connectivity index (χ1n) is 3.24. The van der Waals surface area contributed by atoms with Crippen molar-refractivity contribution in [2.24, 2.45) is 0 Å². The molecule has 1 unspecified atom stereocenters. The van der Waals surface area contributed by atoms with E-state index < -0.39 is 20.3 Å². The van der Waals surface area contributed by atoms with Crippen molar-refractivity contribution in [1.29, 1.82) is 0 Å². The Balaban J connectivity index is 4.24. The first-order valence-corrected chi connectivity index (χ1v) is 4.03. The molecule has 2 atom stereocenters. The van der Waals surface area contributed by atoms with Crippen LogP contribution in [0.15, 0.2) is 0 Å². The lowest BCUT2D eigenvalue weighted by molar-refractivity contribution is -0.563. The molecule has 0 heterocycles. The predicted molar refractivity (Wildman–Crippen MR) is 45.4 cm³/mol. The fraction of sp³-hybridized carbons (Fsp3) is 1.00. The van der Waals surface area contributed by atoms with Crippen LogP contribution in [0, 0.1) is 20.2 Å². The Labute approximate surface area is 77.4 Å². The van der Waals surface area contributed by atoms with Gasteiger partial charge < -0.3 is 0 Å². The fourth-order valence-electron chi connectivity index (χ4n) is 0.688. The van der Waals surface area contributed by atoms with E-state index >= 15 is 0 Å². The molecule has 0 saturated heterocycles. The van der Waals surface area contributed by atoms with E-state index in [9.17, 15) is 20.2 Å². The molecule has 0 saturated carbocycles. The van der Waals surface area contributed by atoms with Gasteiger partial charge in [0.05, 0.1) is 6.42 Å². The average molecular weight is 241 g/mol. The summed E-state index contributed by atoms with van der Waals surface area (Å²) < 4.78 is -1.40. The van der Waals surface area contributed by atoms with Crippen LogP contribution in [0.4, 0.5) is 0 Å². The number of hydrogen-bond acceptors (Lipinski definition) is 4. The molecule has 0 amide bonds. The van der Waals surface area contributed by atoms with Crippen molar-refractivity contribution >= 4 is 15.9 Å². The van der Waals surface area contributed by atoms with Crippen LogP contribution in [-0.4, -0.2) is 20.3 Å². The summed E-state index contributed by atoms with van der Waals surface area (Å²) in [5.74, 6) is 0. The molecule has 70 valence electrons. The molecule has 6 nitrogen and oxygen atoms in total. The number of alkyl halides is 1. The number of rotatable bonds is 4. The second-order valence-electron chi connectivity index (χ2n) is 2.74. The molecule has 7 heteroatoms. The molecule has 12 heavy (non-hydrogen) atoms. The lowest BCUT2D eigenvalue weighted by Gasteiger charge is -2.13. The highest BCUT2D eigenvalue weighted by molar-refractivity contribution is 9.10. The van der Waals surface area contributed by atoms with Gasteiger partial charge in [-0.05, 0) is 0 Å². The monoisotopic (exact) mass is 240 g/mol. The Morgan fingerprint density at radius 1 is 1.50 bits per heavy atom. The molecule has 0 rings (SSSR count). The quantitative estimate of drug-likeness (QED) is 0.322. The van der Waals surface area contributed by atoms with Crippen LogP contribution in [-0.2, 0) is 0 Å². The van der Waals surface area contributed by atoms with Crippen LogP contribution in [0.5, 0.6) is 0 Å². The van der Waals surface area contributed by atoms with Gasteiger partial charge >= 0.3 is 0 Å². The molecular weight excluding hydrogens is 232 g/mol. The van der Waals surface area contributed by atoms with E-state index in [2.05, 4.69) is 15.9 Å². The van der Waals surface area contributed by atoms with Gasteiger partial charge in [0.1, 0.15) is 0 Å². The van der Waals surface area contributed by atoms with E-state index in [0.29, 0.717) is 0 Å². The zero-order valence-electron chi connectivity index (χ0n) is 6.69. The van der Waals surface area contributed by atoms with Gasteiger partial charge in [0, 0.05) is 39.6 Å². The number of nitrogens with zero attached hydrogens (tertiary/aromatic N) is 2. The SMILES string of the molecule is CC(C[C@](C)(Br)[N+](=O)[O-])[N+](=O)[O-]. The summed E-state index contributed by atoms with van der Waals surface area (Å²) in [4.78, 5) is 19.4. The molecule has 0 spiro atoms. The second-order valence-corrected chi connectivity index (χ2v) is 4.45. The molecule has 0 aromatic rings. The molecular formula is C5H9BrN2O4. The first kappa shape index (κ1) is 11.3. The fourth-order valence-corrected chi connectivity index (χ4v) is 1.16. The van der Waals surface area contributed by atoms with Crippen molar-refractivity contribution in [3.05, 3.63) is 20.2 Å². The summed E-state index contributed by atoms with van der Waals surface area (Å²) >= 11 is 2.81. The van der Waals surface area contributed by atoms with Gasteiger partial charge in [-0.3, -0.25) is 20.2 Å². The Kier molecular flexibility index (Phi) is 3.56. The van der Waals surface area contributed by atoms with E-state index in [1.54, 1.807) is 0 Å². The molecule has 0 fully saturated rings. The van der Waals surface area contributed by atoms with Crippen LogP contribution in [0.25, 0.3) is 0 Å². The molecule has 0 bridgehead atoms. The Bertz CT molecular complexity index is 206. The summed E-state index contributed by atoms with van der Waals surface area (Å²) in [5, 5.41) is 20.5. The van der Waals surface area contributed by atoms with Gasteiger partial charge in [-0.2, -0.15) is 0 Å². The zero-order valence-corrected chi connectivity index (χ0v) is 8.28. The average Bonchev–Trinajstić information content (AvgIpc) is 1.85. The normalized spacial score (nSPS) is 17.9. The summed E-state index contributed by atoms with van der Waals surface area (Å²) in [6.07, 6.45) is -0.132. The molecule has 0 aromatic carbocycles. The molecule has 0 aliphatic carbocycles. The summed E-state index contributed by atoms with van der Waals surface area (Å²) in [6.45, 7) is 2.63. The third-order valence-electron chi connectivity index (χ3n) is 1.41. The van der Waals surface area contributed by atoms with Gasteiger partial charge in [0.15, 0.2) is 0 Å². The topological polar surface area (TPSA) is 86.3 Å². The van der Waals surface area contributed by atoms with Gasteiger partial charge in [0.25, 0.3) is 4.45 Å². The highest BCUT2D eigenvalue weighted by Gasteiger charge is 2.39. The number of hydrogen-bond donors (Lipinski definition) is 0. The highest BCUT2D eigenvalue weighted by Crippen LogP contribution is 2.24. The smallest absolute Gasteiger partial charge is 0.264 e. The Morgan fingerprint density at radius 2 is 1.92 bits per heavy atom. The van der Waals surface area contributed by atoms with Crippen LogP contribution < -0.4 is 0 Å². The summed E-state index contributed by atoms with van der Waals surface area (Å²) in [5.41, 5.74) is 0. The van der Waals surface area contributed by atoms with Gasteiger partial charge in [-0.15, -0.1) is 0 Å². The maximum absolute atomic E-state index is 10.3. The zero-order chi connectivity index (χ0) is 9.94. The number of nitro groups is 2. The molecule has 0 aromatic heterocycles. The minimum Gasteiger partial charge on any atom is -0.264 e. The molecule has 0 radical (unpaired) electrons. The Morgan fingerprint density at radius 3 is 2.17 bits per heavy atom. The largest absolute Gasteiger partial charge is 0.278 e. The third-order valence-corrected chi connectivity index (χ3v) is 2.02. The van der Waals surface area contributed by atoms with E-state index in [-0.39, 0.29) is 6.42 Å². The van der Waals surface area contributed by atoms with Crippen LogP contribution >= 0.6 is 15.9 Å². The van der Waals surface area contributed by atoms with E-state index in [1.807, 2.05) is 0 Å². The standard InChI is InChI=1S/C5H9BrN2O4/c1-4(7(9)10)3-5(2,6)8(11)12/h4H,3H2,1-2H3/t4?,5-/m1/s1. The summed E-state index contributed by atoms with van der Waals surface area (Å²) in [7, 11) is 0. The van der Waals surface area contributed by atoms with Gasteiger partial charge in [0.2, 0.25) is 6.04 Å². The third kappa shape index (κ3) is 3.12. The second kappa shape index (κ2) is 3.79. The predicted octanol–water partition coefficient (Wildman–Crippen LogP) is 1.43. The van der Waals surface area contributed by atoms with E-state index in [0.717, 1.165) is 0 Å². The van der Waals surface area contributed by atoms with Crippen LogP contribution in [0.2, 0.25) is 0 Å². The van der Waals surface area contributed by atoms with Crippen molar-refractivity contribution in [2.75, 3.05) is 0 Å². The van der Waals surface area contributed by atoms with E-state index in [4.69, 9.17) is 0 Å². The van der Waals surface area contributed by atoms with Crippen molar-refractivity contribution < 1.29 is 9.85 Å². The maximum atomic E-state index is 10.3. The summed E-state index contributed by atoms with van der Waals surface area (Å²) in [6, 6.07) is -0.917. The van der Waals surface area contributed by atoms with Crippen LogP contribution in [0.1, 0.15) is 20.3 Å². The maximum Gasteiger partial charge on any atom is 0.278 e. The lowest BCUT2D eigenvalue weighted by atomic mass is 10.1. The van der Waals surface area contributed by atoms with Gasteiger partial charge in [-0.1, -0.05) is 0 Å². The van der Waals surface area contributed by atoms with Crippen molar-refractivity contribution in [3.8, 4) is 0 Å². The first-order chi connectivity index (χ1) is 5.27. The molecule has 0 N–H and O–H groups in total. The van der Waals surface area contributed by atoms with E-state index in [1.165, 1.54) is 13.8 Å². The van der Waals surface area contributed by atoms with Crippen molar-refractivity contribution in [2.45, 2.75) is 30.8 Å². The number of halogens is 1. The minimum atomic E-state index is -1.40. The highest BCUT2D eigenvalue weighted by atomic mass is 79.9.